The van der Waals surface area contributed by atoms with Gasteiger partial charge >= 0.3 is 6.03 Å². The molecule has 0 aromatic heterocycles. The Morgan fingerprint density at radius 3 is 2.58 bits per heavy atom. The summed E-state index contributed by atoms with van der Waals surface area (Å²) in [5.74, 6) is 0.583. The van der Waals surface area contributed by atoms with Gasteiger partial charge in [-0.3, -0.25) is 15.0 Å². The summed E-state index contributed by atoms with van der Waals surface area (Å²) < 4.78 is 0. The third-order valence-electron chi connectivity index (χ3n) is 5.04. The number of anilines is 2. The molecule has 3 N–H and O–H groups in total. The number of nitrogens with zero attached hydrogens (tertiary/aromatic N) is 2. The number of imide groups is 1. The third-order valence-corrected chi connectivity index (χ3v) is 5.04. The first kappa shape index (κ1) is 18.5. The van der Waals surface area contributed by atoms with Crippen LogP contribution >= 0.6 is 0 Å². The van der Waals surface area contributed by atoms with Gasteiger partial charge in [0.2, 0.25) is 5.91 Å². The maximum Gasteiger partial charge on any atom is 0.321 e. The van der Waals surface area contributed by atoms with E-state index in [-0.39, 0.29) is 5.91 Å². The maximum atomic E-state index is 12.0. The summed E-state index contributed by atoms with van der Waals surface area (Å²) in [6.07, 6.45) is 2.80. The van der Waals surface area contributed by atoms with E-state index >= 15 is 0 Å². The summed E-state index contributed by atoms with van der Waals surface area (Å²) in [6, 6.07) is 7.12. The topological polar surface area (TPSA) is 76.7 Å². The van der Waals surface area contributed by atoms with Gasteiger partial charge in [-0.25, -0.2) is 4.79 Å². The SMILES string of the molecule is CNC(=O)NC(=O)[C@@H](C)Nc1cccc(N2CCN(CC3CC3)CC2)c1. The van der Waals surface area contributed by atoms with Crippen molar-refractivity contribution in [3.05, 3.63) is 24.3 Å². The Labute approximate surface area is 155 Å². The van der Waals surface area contributed by atoms with Gasteiger partial charge in [-0.1, -0.05) is 6.07 Å². The van der Waals surface area contributed by atoms with E-state index in [1.807, 2.05) is 12.1 Å². The number of hydrogen-bond donors (Lipinski definition) is 3. The van der Waals surface area contributed by atoms with Crippen LogP contribution in [0.4, 0.5) is 16.2 Å². The van der Waals surface area contributed by atoms with Crippen molar-refractivity contribution in [3.63, 3.8) is 0 Å². The Hall–Kier alpha value is -2.28. The van der Waals surface area contributed by atoms with Crippen LogP contribution < -0.4 is 20.9 Å². The van der Waals surface area contributed by atoms with Gasteiger partial charge in [0.25, 0.3) is 0 Å². The van der Waals surface area contributed by atoms with Crippen molar-refractivity contribution in [1.29, 1.82) is 0 Å². The number of carbonyl (C=O) groups is 2. The van der Waals surface area contributed by atoms with Crippen molar-refractivity contribution in [1.82, 2.24) is 15.5 Å². The number of rotatable bonds is 6. The molecule has 2 fully saturated rings. The number of hydrogen-bond acceptors (Lipinski definition) is 5. The van der Waals surface area contributed by atoms with Crippen molar-refractivity contribution < 1.29 is 9.59 Å². The first-order chi connectivity index (χ1) is 12.5. The van der Waals surface area contributed by atoms with E-state index in [0.29, 0.717) is 0 Å². The lowest BCUT2D eigenvalue weighted by Gasteiger charge is -2.36. The normalized spacial score (nSPS) is 18.9. The first-order valence-electron chi connectivity index (χ1n) is 9.41. The van der Waals surface area contributed by atoms with Gasteiger partial charge in [0.05, 0.1) is 0 Å². The molecule has 7 heteroatoms. The number of piperazine rings is 1. The molecule has 2 aliphatic rings. The number of amides is 3. The van der Waals surface area contributed by atoms with Crippen molar-refractivity contribution in [3.8, 4) is 0 Å². The molecule has 1 saturated heterocycles. The lowest BCUT2D eigenvalue weighted by molar-refractivity contribution is -0.120. The molecule has 1 aliphatic carbocycles. The van der Waals surface area contributed by atoms with Crippen LogP contribution in [0.1, 0.15) is 19.8 Å². The molecular formula is C19H29N5O2. The summed E-state index contributed by atoms with van der Waals surface area (Å²) in [5, 5.41) is 7.83. The molecule has 26 heavy (non-hydrogen) atoms. The second-order valence-corrected chi connectivity index (χ2v) is 7.22. The van der Waals surface area contributed by atoms with Gasteiger partial charge in [-0.2, -0.15) is 0 Å². The molecule has 0 unspecified atom stereocenters. The van der Waals surface area contributed by atoms with Crippen LogP contribution in [0, 0.1) is 5.92 Å². The minimum absolute atomic E-state index is 0.358. The minimum atomic E-state index is -0.502. The monoisotopic (exact) mass is 359 g/mol. The number of carbonyl (C=O) groups excluding carboxylic acids is 2. The van der Waals surface area contributed by atoms with Crippen molar-refractivity contribution in [2.24, 2.45) is 5.92 Å². The molecule has 1 heterocycles. The van der Waals surface area contributed by atoms with Crippen LogP contribution in [0.2, 0.25) is 0 Å². The van der Waals surface area contributed by atoms with Crippen LogP contribution in [-0.4, -0.2) is 62.7 Å². The second-order valence-electron chi connectivity index (χ2n) is 7.22. The molecule has 1 aliphatic heterocycles. The summed E-state index contributed by atoms with van der Waals surface area (Å²) in [7, 11) is 1.48. The fourth-order valence-corrected chi connectivity index (χ4v) is 3.24. The molecule has 1 atom stereocenters. The first-order valence-corrected chi connectivity index (χ1v) is 9.41. The Morgan fingerprint density at radius 1 is 1.19 bits per heavy atom. The highest BCUT2D eigenvalue weighted by Gasteiger charge is 2.26. The smallest absolute Gasteiger partial charge is 0.321 e. The van der Waals surface area contributed by atoms with E-state index in [1.165, 1.54) is 32.1 Å². The number of benzene rings is 1. The largest absolute Gasteiger partial charge is 0.374 e. The van der Waals surface area contributed by atoms with Crippen LogP contribution in [0.5, 0.6) is 0 Å². The Balaban J connectivity index is 1.53. The summed E-state index contributed by atoms with van der Waals surface area (Å²) in [4.78, 5) is 28.2. The molecule has 0 bridgehead atoms. The van der Waals surface area contributed by atoms with Gasteiger partial charge in [0.1, 0.15) is 6.04 Å². The van der Waals surface area contributed by atoms with Crippen LogP contribution in [-0.2, 0) is 4.79 Å². The molecule has 0 spiro atoms. The van der Waals surface area contributed by atoms with Gasteiger partial charge in [-0.15, -0.1) is 0 Å². The molecule has 142 valence electrons. The predicted octanol–water partition coefficient (Wildman–Crippen LogP) is 1.47. The molecule has 1 aromatic rings. The average Bonchev–Trinajstić information content (AvgIpc) is 3.46. The molecule has 1 saturated carbocycles. The lowest BCUT2D eigenvalue weighted by atomic mass is 10.2. The van der Waals surface area contributed by atoms with E-state index in [9.17, 15) is 9.59 Å². The summed E-state index contributed by atoms with van der Waals surface area (Å²) >= 11 is 0. The number of nitrogens with one attached hydrogen (secondary N) is 3. The zero-order valence-electron chi connectivity index (χ0n) is 15.6. The highest BCUT2D eigenvalue weighted by atomic mass is 16.2. The fourth-order valence-electron chi connectivity index (χ4n) is 3.24. The van der Waals surface area contributed by atoms with Crippen molar-refractivity contribution in [2.45, 2.75) is 25.8 Å². The number of urea groups is 1. The Morgan fingerprint density at radius 2 is 1.92 bits per heavy atom. The zero-order valence-corrected chi connectivity index (χ0v) is 15.6. The standard InChI is InChI=1S/C19H29N5O2/c1-14(18(25)22-19(26)20-2)21-16-4-3-5-17(12-16)24-10-8-23(9-11-24)13-15-6-7-15/h3-5,12,14-15,21H,6-11,13H2,1-2H3,(H2,20,22,25,26)/t14-/m1/s1. The van der Waals surface area contributed by atoms with Crippen molar-refractivity contribution in [2.75, 3.05) is 50.0 Å². The van der Waals surface area contributed by atoms with E-state index in [2.05, 4.69) is 37.9 Å². The fraction of sp³-hybridized carbons (Fsp3) is 0.579. The van der Waals surface area contributed by atoms with Crippen LogP contribution in [0.3, 0.4) is 0 Å². The van der Waals surface area contributed by atoms with E-state index in [0.717, 1.165) is 37.8 Å². The maximum absolute atomic E-state index is 12.0. The minimum Gasteiger partial charge on any atom is -0.374 e. The van der Waals surface area contributed by atoms with Crippen molar-refractivity contribution >= 4 is 23.3 Å². The molecule has 3 amide bonds. The Bertz CT molecular complexity index is 639. The highest BCUT2D eigenvalue weighted by molar-refractivity contribution is 5.97. The van der Waals surface area contributed by atoms with Gasteiger partial charge in [0, 0.05) is 51.1 Å². The Kier molecular flexibility index (Phi) is 5.98. The van der Waals surface area contributed by atoms with Crippen LogP contribution in [0.15, 0.2) is 24.3 Å². The summed E-state index contributed by atoms with van der Waals surface area (Å²) in [5.41, 5.74) is 2.04. The van der Waals surface area contributed by atoms with Crippen LogP contribution in [0.25, 0.3) is 0 Å². The third kappa shape index (κ3) is 5.11. The van der Waals surface area contributed by atoms with Gasteiger partial charge in [0.15, 0.2) is 0 Å². The molecule has 0 radical (unpaired) electrons. The van der Waals surface area contributed by atoms with E-state index in [1.54, 1.807) is 6.92 Å². The van der Waals surface area contributed by atoms with E-state index in [4.69, 9.17) is 0 Å². The highest BCUT2D eigenvalue weighted by Crippen LogP contribution is 2.30. The second kappa shape index (κ2) is 8.40. The van der Waals surface area contributed by atoms with E-state index < -0.39 is 12.1 Å². The quantitative estimate of drug-likeness (QED) is 0.717. The molecular weight excluding hydrogens is 330 g/mol. The van der Waals surface area contributed by atoms with Gasteiger partial charge in [-0.05, 0) is 43.9 Å². The molecule has 7 nitrogen and oxygen atoms in total. The summed E-state index contributed by atoms with van der Waals surface area (Å²) in [6.45, 7) is 7.28. The van der Waals surface area contributed by atoms with Gasteiger partial charge < -0.3 is 15.5 Å². The molecule has 3 rings (SSSR count). The lowest BCUT2D eigenvalue weighted by Crippen LogP contribution is -2.47. The predicted molar refractivity (Wildman–Crippen MR) is 104 cm³/mol. The average molecular weight is 359 g/mol. The zero-order chi connectivity index (χ0) is 18.5. The molecule has 1 aromatic carbocycles.